The molecule has 0 saturated carbocycles. The van der Waals surface area contributed by atoms with Crippen molar-refractivity contribution in [1.82, 2.24) is 5.06 Å². The predicted octanol–water partition coefficient (Wildman–Crippen LogP) is 4.18. The molecule has 5 nitrogen and oxygen atoms in total. The first-order valence-electron chi connectivity index (χ1n) is 10.2. The van der Waals surface area contributed by atoms with Crippen molar-refractivity contribution < 1.29 is 19.2 Å². The molecule has 1 aliphatic heterocycles. The maximum Gasteiger partial charge on any atom is 0.254 e. The van der Waals surface area contributed by atoms with E-state index in [1.54, 1.807) is 0 Å². The number of carbonyl (C=O) groups excluding carboxylic acids is 2. The van der Waals surface area contributed by atoms with Gasteiger partial charge in [-0.25, -0.2) is 4.84 Å². The van der Waals surface area contributed by atoms with Crippen LogP contribution >= 0.6 is 0 Å². The van der Waals surface area contributed by atoms with Crippen LogP contribution in [0, 0.1) is 6.92 Å². The number of fused-ring (bicyclic) bond motifs is 3. The van der Waals surface area contributed by atoms with Crippen LogP contribution in [-0.2, 0) is 32.0 Å². The minimum Gasteiger partial charge on any atom is -0.352 e. The number of ether oxygens (including phenoxy) is 1. The van der Waals surface area contributed by atoms with Gasteiger partial charge in [-0.05, 0) is 34.2 Å². The Labute approximate surface area is 171 Å². The molecule has 2 aromatic carbocycles. The van der Waals surface area contributed by atoms with Gasteiger partial charge in [-0.2, -0.15) is 11.5 Å². The number of hydroxylamine groups is 2. The van der Waals surface area contributed by atoms with Crippen molar-refractivity contribution in [2.45, 2.75) is 44.9 Å². The molecule has 0 bridgehead atoms. The van der Waals surface area contributed by atoms with Gasteiger partial charge >= 0.3 is 0 Å². The van der Waals surface area contributed by atoms with Crippen molar-refractivity contribution in [2.24, 2.45) is 0 Å². The van der Waals surface area contributed by atoms with Crippen LogP contribution in [0.15, 0.2) is 36.4 Å². The molecule has 2 aromatic rings. The standard InChI is InChI=1S/C24H26NO4.Rf/c1-3-5-17-7-9-19-18-8-6-16(4-2)12-20(18)22(21(19)13-17)14-28-15-29-25-23(26)10-11-24(25)27;/h6-9,12-13,22H,2-5,10-11,14-15H2,1H3;/q-1;. The van der Waals surface area contributed by atoms with Crippen molar-refractivity contribution in [3.63, 3.8) is 0 Å². The van der Waals surface area contributed by atoms with E-state index in [0.29, 0.717) is 6.61 Å². The minimum atomic E-state index is -0.306. The number of hydrogen-bond acceptors (Lipinski definition) is 4. The van der Waals surface area contributed by atoms with Crippen LogP contribution < -0.4 is 0 Å². The number of rotatable bonds is 8. The Morgan fingerprint density at radius 2 is 1.60 bits per heavy atom. The van der Waals surface area contributed by atoms with Crippen LogP contribution in [0.3, 0.4) is 0 Å². The minimum absolute atomic E-state index is 0. The van der Waals surface area contributed by atoms with Gasteiger partial charge in [-0.1, -0.05) is 55.3 Å². The summed E-state index contributed by atoms with van der Waals surface area (Å²) in [6.07, 6.45) is 3.29. The molecule has 0 aromatic heterocycles. The van der Waals surface area contributed by atoms with E-state index in [0.717, 1.165) is 24.3 Å². The van der Waals surface area contributed by atoms with Gasteiger partial charge in [-0.15, -0.1) is 0 Å². The number of amides is 2. The van der Waals surface area contributed by atoms with Crippen molar-refractivity contribution in [3.05, 3.63) is 65.6 Å². The van der Waals surface area contributed by atoms with Gasteiger partial charge in [-0.3, -0.25) is 9.59 Å². The number of nitrogens with zero attached hydrogens (tertiary/aromatic N) is 1. The summed E-state index contributed by atoms with van der Waals surface area (Å²) in [6.45, 7) is 6.49. The molecule has 1 fully saturated rings. The molecule has 2 amide bonds. The maximum absolute atomic E-state index is 11.7. The summed E-state index contributed by atoms with van der Waals surface area (Å²) in [5.74, 6) is -0.518. The molecule has 0 radical (unpaired) electrons. The second-order valence-electron chi connectivity index (χ2n) is 7.60. The first-order chi connectivity index (χ1) is 14.1. The fraction of sp³-hybridized carbons (Fsp3) is 0.375. The second kappa shape index (κ2) is 8.89. The number of imide groups is 1. The normalized spacial score (nSPS) is 17.1. The van der Waals surface area contributed by atoms with Crippen molar-refractivity contribution in [2.75, 3.05) is 13.4 Å². The van der Waals surface area contributed by atoms with Crippen LogP contribution in [0.4, 0.5) is 0 Å². The molecule has 4 rings (SSSR count). The number of benzene rings is 2. The van der Waals surface area contributed by atoms with E-state index in [1.165, 1.54) is 33.4 Å². The van der Waals surface area contributed by atoms with Crippen LogP contribution in [0.5, 0.6) is 0 Å². The van der Waals surface area contributed by atoms with Crippen LogP contribution in [0.25, 0.3) is 11.1 Å². The summed E-state index contributed by atoms with van der Waals surface area (Å²) >= 11 is 0. The number of hydrogen-bond donors (Lipinski definition) is 0. The SMILES string of the molecule is [CH2-]Cc1ccc2c(c1)C(COCON1C(=O)CCC1=O)c1cc(CCC)ccc1-2.[Rf]. The molecule has 2 aliphatic rings. The summed E-state index contributed by atoms with van der Waals surface area (Å²) in [5, 5.41) is 0.830. The Hall–Kier alpha value is -3.50. The second-order valence-corrected chi connectivity index (χ2v) is 7.60. The topological polar surface area (TPSA) is 55.8 Å². The van der Waals surface area contributed by atoms with E-state index in [2.05, 4.69) is 50.2 Å². The van der Waals surface area contributed by atoms with E-state index >= 15 is 0 Å². The van der Waals surface area contributed by atoms with Crippen LogP contribution in [0.1, 0.15) is 54.4 Å². The van der Waals surface area contributed by atoms with E-state index in [1.807, 2.05) is 0 Å². The van der Waals surface area contributed by atoms with E-state index in [9.17, 15) is 9.59 Å². The maximum atomic E-state index is 11.7. The number of aryl methyl sites for hydroxylation is 1. The van der Waals surface area contributed by atoms with Gasteiger partial charge in [0.2, 0.25) is 0 Å². The molecule has 6 heteroatoms. The Morgan fingerprint density at radius 3 is 2.20 bits per heavy atom. The van der Waals surface area contributed by atoms with Gasteiger partial charge in [0.1, 0.15) is 0 Å². The molecular formula is C24H26NO4Rf-. The van der Waals surface area contributed by atoms with Gasteiger partial charge in [0.05, 0.1) is 6.61 Å². The summed E-state index contributed by atoms with van der Waals surface area (Å²) in [6, 6.07) is 13.2. The van der Waals surface area contributed by atoms with Gasteiger partial charge in [0.25, 0.3) is 11.8 Å². The molecule has 1 heterocycles. The molecule has 1 aliphatic carbocycles. The van der Waals surface area contributed by atoms with Crippen LogP contribution in [-0.4, -0.2) is 30.3 Å². The number of carbonyl (C=O) groups is 2. The molecule has 1 atom stereocenters. The smallest absolute Gasteiger partial charge is 0.254 e. The van der Waals surface area contributed by atoms with E-state index in [4.69, 9.17) is 9.57 Å². The van der Waals surface area contributed by atoms with Crippen LogP contribution in [0.2, 0.25) is 0 Å². The average molecular weight is 659 g/mol. The summed E-state index contributed by atoms with van der Waals surface area (Å²) in [7, 11) is 0. The first kappa shape index (κ1) is 21.2. The molecule has 1 saturated heterocycles. The Morgan fingerprint density at radius 1 is 1.00 bits per heavy atom. The quantitative estimate of drug-likeness (QED) is 0.185. The fourth-order valence-corrected chi connectivity index (χ4v) is 4.19. The third-order valence-electron chi connectivity index (χ3n) is 5.66. The van der Waals surface area contributed by atoms with Gasteiger partial charge in [0, 0.05) is 18.8 Å². The third kappa shape index (κ3) is 3.82. The molecule has 154 valence electrons. The summed E-state index contributed by atoms with van der Waals surface area (Å²) in [5.41, 5.74) is 7.50. The summed E-state index contributed by atoms with van der Waals surface area (Å²) in [4.78, 5) is 28.6. The Bertz CT molecular complexity index is 927. The fourth-order valence-electron chi connectivity index (χ4n) is 4.19. The Balaban J connectivity index is 0.00000256. The zero-order valence-corrected chi connectivity index (χ0v) is 23.9. The average Bonchev–Trinajstić information content (AvgIpc) is 3.21. The molecule has 30 heavy (non-hydrogen) atoms. The zero-order valence-electron chi connectivity index (χ0n) is 17.5. The van der Waals surface area contributed by atoms with Crippen molar-refractivity contribution in [1.29, 1.82) is 0 Å². The van der Waals surface area contributed by atoms with Gasteiger partial charge < -0.3 is 11.7 Å². The van der Waals surface area contributed by atoms with E-state index in [-0.39, 0.29) is 37.4 Å². The molecular weight excluding hydrogens is 633 g/mol. The third-order valence-corrected chi connectivity index (χ3v) is 5.66. The predicted molar refractivity (Wildman–Crippen MR) is 110 cm³/mol. The molecule has 0 spiro atoms. The largest absolute Gasteiger partial charge is 0.352 e. The molecule has 0 N–H and O–H groups in total. The van der Waals surface area contributed by atoms with Crippen molar-refractivity contribution in [3.8, 4) is 11.1 Å². The van der Waals surface area contributed by atoms with E-state index < -0.39 is 0 Å². The zero-order chi connectivity index (χ0) is 20.4. The Kier molecular flexibility index (Phi) is 6.28. The summed E-state index contributed by atoms with van der Waals surface area (Å²) < 4.78 is 5.78. The van der Waals surface area contributed by atoms with Gasteiger partial charge in [0.15, 0.2) is 6.79 Å². The van der Waals surface area contributed by atoms with Crippen molar-refractivity contribution >= 4 is 11.8 Å². The molecule has 1 unspecified atom stereocenters. The first-order valence-corrected chi connectivity index (χ1v) is 10.2. The monoisotopic (exact) mass is 659 g/mol.